The number of carbonyl (C=O) groups is 1. The maximum Gasteiger partial charge on any atom is 0.416 e. The lowest BCUT2D eigenvalue weighted by Gasteiger charge is -2.23. The molecule has 5 aromatic rings. The minimum absolute atomic E-state index is 0.0867. The molecule has 5 heterocycles. The van der Waals surface area contributed by atoms with Crippen molar-refractivity contribution in [1.29, 1.82) is 0 Å². The Kier molecular flexibility index (Phi) is 6.48. The quantitative estimate of drug-likeness (QED) is 0.255. The number of Topliss-reactive ketones (excluding diaryl/α,β-unsaturated/α-hetero) is 1. The number of alkyl halides is 3. The number of nitrogens with zero attached hydrogens (tertiary/aromatic N) is 6. The molecule has 0 amide bonds. The molecule has 1 aliphatic heterocycles. The Hall–Kier alpha value is -4.31. The molecule has 0 spiro atoms. The highest BCUT2D eigenvalue weighted by atomic mass is 19.4. The highest BCUT2D eigenvalue weighted by molar-refractivity contribution is 6.02. The van der Waals surface area contributed by atoms with Crippen LogP contribution >= 0.6 is 0 Å². The van der Waals surface area contributed by atoms with Crippen molar-refractivity contribution in [1.82, 2.24) is 29.0 Å². The average molecular weight is 531 g/mol. The number of ketones is 1. The van der Waals surface area contributed by atoms with Crippen LogP contribution < -0.4 is 0 Å². The molecule has 1 saturated heterocycles. The smallest absolute Gasteiger partial charge is 0.296 e. The van der Waals surface area contributed by atoms with Gasteiger partial charge in [0.15, 0.2) is 5.78 Å². The van der Waals surface area contributed by atoms with Crippen molar-refractivity contribution in [3.8, 4) is 22.6 Å². The first-order valence-electron chi connectivity index (χ1n) is 12.7. The summed E-state index contributed by atoms with van der Waals surface area (Å²) in [6.45, 7) is 1.50. The summed E-state index contributed by atoms with van der Waals surface area (Å²) < 4.78 is 43.5. The van der Waals surface area contributed by atoms with Gasteiger partial charge in [-0.05, 0) is 49.7 Å². The van der Waals surface area contributed by atoms with Crippen LogP contribution in [0.1, 0.15) is 28.9 Å². The Labute approximate surface area is 222 Å². The molecule has 1 fully saturated rings. The van der Waals surface area contributed by atoms with E-state index in [2.05, 4.69) is 20.0 Å². The standard InChI is InChI=1S/C29H25F3N6O/c30-29(31,32)21-11-16-38-26(17-21)34-27(20-7-2-1-3-8-20)28(38)25(39)19-36-14-6-9-22(36)18-37-15-12-24(35-37)23-10-4-5-13-33-23/h1-5,7-8,10-13,15-17,22H,6,9,14,18-19H2/t22-/m0/s1. The maximum atomic E-state index is 13.8. The van der Waals surface area contributed by atoms with Gasteiger partial charge in [0.05, 0.1) is 24.3 Å². The van der Waals surface area contributed by atoms with Gasteiger partial charge in [-0.2, -0.15) is 18.3 Å². The van der Waals surface area contributed by atoms with Crippen LogP contribution in [-0.2, 0) is 12.7 Å². The van der Waals surface area contributed by atoms with Crippen molar-refractivity contribution >= 4 is 11.4 Å². The van der Waals surface area contributed by atoms with E-state index in [1.54, 1.807) is 18.3 Å². The molecule has 0 N–H and O–H groups in total. The first-order valence-corrected chi connectivity index (χ1v) is 12.7. The second kappa shape index (κ2) is 10.1. The predicted octanol–water partition coefficient (Wildman–Crippen LogP) is 5.63. The van der Waals surface area contributed by atoms with Gasteiger partial charge in [0.25, 0.3) is 0 Å². The van der Waals surface area contributed by atoms with Crippen molar-refractivity contribution in [3.05, 3.63) is 96.6 Å². The van der Waals surface area contributed by atoms with E-state index in [1.165, 1.54) is 10.6 Å². The van der Waals surface area contributed by atoms with Gasteiger partial charge in [0, 0.05) is 30.2 Å². The number of rotatable bonds is 7. The lowest BCUT2D eigenvalue weighted by molar-refractivity contribution is -0.137. The number of hydrogen-bond donors (Lipinski definition) is 0. The molecule has 0 unspecified atom stereocenters. The van der Waals surface area contributed by atoms with Crippen LogP contribution in [0.25, 0.3) is 28.3 Å². The van der Waals surface area contributed by atoms with Crippen LogP contribution in [0.3, 0.4) is 0 Å². The minimum Gasteiger partial charge on any atom is -0.296 e. The molecule has 7 nitrogen and oxygen atoms in total. The number of fused-ring (bicyclic) bond motifs is 1. The van der Waals surface area contributed by atoms with Gasteiger partial charge in [0.1, 0.15) is 22.7 Å². The van der Waals surface area contributed by atoms with Crippen LogP contribution in [-0.4, -0.2) is 54.0 Å². The summed E-state index contributed by atoms with van der Waals surface area (Å²) in [6.07, 6.45) is 2.29. The molecule has 1 atom stereocenters. The second-order valence-corrected chi connectivity index (χ2v) is 9.64. The summed E-state index contributed by atoms with van der Waals surface area (Å²) in [4.78, 5) is 24.7. The molecule has 4 aromatic heterocycles. The Balaban J connectivity index is 1.27. The van der Waals surface area contributed by atoms with Crippen molar-refractivity contribution in [2.24, 2.45) is 0 Å². The summed E-state index contributed by atoms with van der Waals surface area (Å²) in [7, 11) is 0. The number of carbonyl (C=O) groups excluding carboxylic acids is 1. The monoisotopic (exact) mass is 530 g/mol. The van der Waals surface area contributed by atoms with E-state index in [9.17, 15) is 18.0 Å². The van der Waals surface area contributed by atoms with Crippen LogP contribution in [0.4, 0.5) is 13.2 Å². The highest BCUT2D eigenvalue weighted by Crippen LogP contribution is 2.32. The highest BCUT2D eigenvalue weighted by Gasteiger charge is 2.33. The summed E-state index contributed by atoms with van der Waals surface area (Å²) in [5.74, 6) is -0.192. The number of pyridine rings is 2. The van der Waals surface area contributed by atoms with Gasteiger partial charge < -0.3 is 0 Å². The SMILES string of the molecule is O=C(CN1CCC[C@H]1Cn1ccc(-c2ccccn2)n1)c1c(-c2ccccc2)nc2cc(C(F)(F)F)ccn12. The molecule has 1 aliphatic rings. The number of likely N-dealkylation sites (tertiary alicyclic amines) is 1. The predicted molar refractivity (Wildman–Crippen MR) is 140 cm³/mol. The average Bonchev–Trinajstić information content (AvgIpc) is 3.68. The number of imidazole rings is 1. The van der Waals surface area contributed by atoms with E-state index in [4.69, 9.17) is 0 Å². The largest absolute Gasteiger partial charge is 0.416 e. The zero-order valence-electron chi connectivity index (χ0n) is 20.9. The third-order valence-corrected chi connectivity index (χ3v) is 7.08. The van der Waals surface area contributed by atoms with E-state index in [1.807, 2.05) is 53.3 Å². The van der Waals surface area contributed by atoms with E-state index < -0.39 is 11.7 Å². The molecular formula is C29H25F3N6O. The van der Waals surface area contributed by atoms with Gasteiger partial charge in [-0.3, -0.25) is 23.8 Å². The Morgan fingerprint density at radius 2 is 1.79 bits per heavy atom. The summed E-state index contributed by atoms with van der Waals surface area (Å²) in [5, 5.41) is 4.67. The van der Waals surface area contributed by atoms with Crippen LogP contribution in [0.5, 0.6) is 0 Å². The van der Waals surface area contributed by atoms with Crippen molar-refractivity contribution in [2.45, 2.75) is 31.6 Å². The van der Waals surface area contributed by atoms with Gasteiger partial charge in [-0.1, -0.05) is 36.4 Å². The third kappa shape index (κ3) is 5.07. The van der Waals surface area contributed by atoms with Crippen LogP contribution in [0.15, 0.2) is 85.3 Å². The molecule has 6 rings (SSSR count). The molecule has 0 saturated carbocycles. The van der Waals surface area contributed by atoms with E-state index in [-0.39, 0.29) is 29.7 Å². The maximum absolute atomic E-state index is 13.8. The zero-order chi connectivity index (χ0) is 27.0. The molecule has 39 heavy (non-hydrogen) atoms. The molecule has 0 bridgehead atoms. The fourth-order valence-electron chi connectivity index (χ4n) is 5.18. The fourth-order valence-corrected chi connectivity index (χ4v) is 5.18. The summed E-state index contributed by atoms with van der Waals surface area (Å²) >= 11 is 0. The normalized spacial score (nSPS) is 16.2. The number of hydrogen-bond acceptors (Lipinski definition) is 5. The molecular weight excluding hydrogens is 505 g/mol. The minimum atomic E-state index is -4.50. The molecule has 1 aromatic carbocycles. The Morgan fingerprint density at radius 1 is 0.974 bits per heavy atom. The van der Waals surface area contributed by atoms with Gasteiger partial charge in [0.2, 0.25) is 0 Å². The number of halogens is 3. The first kappa shape index (κ1) is 25.0. The Morgan fingerprint density at radius 3 is 2.56 bits per heavy atom. The van der Waals surface area contributed by atoms with Gasteiger partial charge >= 0.3 is 6.18 Å². The Bertz CT molecular complexity index is 1610. The third-order valence-electron chi connectivity index (χ3n) is 7.08. The lowest BCUT2D eigenvalue weighted by Crippen LogP contribution is -2.37. The zero-order valence-corrected chi connectivity index (χ0v) is 20.9. The topological polar surface area (TPSA) is 68.3 Å². The first-order chi connectivity index (χ1) is 18.9. The van der Waals surface area contributed by atoms with E-state index in [0.29, 0.717) is 17.8 Å². The van der Waals surface area contributed by atoms with E-state index in [0.717, 1.165) is 42.9 Å². The molecule has 198 valence electrons. The number of aromatic nitrogens is 5. The number of benzene rings is 1. The van der Waals surface area contributed by atoms with Gasteiger partial charge in [-0.25, -0.2) is 4.98 Å². The van der Waals surface area contributed by atoms with E-state index >= 15 is 0 Å². The van der Waals surface area contributed by atoms with Crippen molar-refractivity contribution in [2.75, 3.05) is 13.1 Å². The van der Waals surface area contributed by atoms with Crippen LogP contribution in [0.2, 0.25) is 0 Å². The van der Waals surface area contributed by atoms with Crippen molar-refractivity contribution in [3.63, 3.8) is 0 Å². The van der Waals surface area contributed by atoms with Crippen LogP contribution in [0, 0.1) is 0 Å². The summed E-state index contributed by atoms with van der Waals surface area (Å²) in [6, 6.07) is 18.7. The molecule has 0 radical (unpaired) electrons. The lowest BCUT2D eigenvalue weighted by atomic mass is 10.1. The molecule has 0 aliphatic carbocycles. The van der Waals surface area contributed by atoms with Gasteiger partial charge in [-0.15, -0.1) is 0 Å². The van der Waals surface area contributed by atoms with Crippen molar-refractivity contribution < 1.29 is 18.0 Å². The summed E-state index contributed by atoms with van der Waals surface area (Å²) in [5.41, 5.74) is 2.20. The second-order valence-electron chi connectivity index (χ2n) is 9.64. The molecule has 10 heteroatoms. The fraction of sp³-hybridized carbons (Fsp3) is 0.241.